The summed E-state index contributed by atoms with van der Waals surface area (Å²) < 4.78 is 0. The Morgan fingerprint density at radius 2 is 1.79 bits per heavy atom. The summed E-state index contributed by atoms with van der Waals surface area (Å²) in [6, 6.07) is 7.36. The normalized spacial score (nSPS) is 13.3. The summed E-state index contributed by atoms with van der Waals surface area (Å²) in [5.41, 5.74) is 4.22. The molecule has 0 aliphatic carbocycles. The summed E-state index contributed by atoms with van der Waals surface area (Å²) in [4.78, 5) is 2.26. The molecule has 0 fully saturated rings. The Kier molecular flexibility index (Phi) is 3.70. The van der Waals surface area contributed by atoms with Gasteiger partial charge in [0.1, 0.15) is 0 Å². The van der Waals surface area contributed by atoms with Gasteiger partial charge in [-0.25, -0.2) is 0 Å². The van der Waals surface area contributed by atoms with Gasteiger partial charge in [-0.15, -0.1) is 0 Å². The Balaban J connectivity index is 2.73. The lowest BCUT2D eigenvalue weighted by atomic mass is 10.0. The van der Waals surface area contributed by atoms with Gasteiger partial charge in [-0.1, -0.05) is 18.2 Å². The van der Waals surface area contributed by atoms with E-state index in [1.54, 1.807) is 0 Å². The van der Waals surface area contributed by atoms with E-state index in [4.69, 9.17) is 0 Å². The second-order valence-electron chi connectivity index (χ2n) is 4.44. The number of likely N-dealkylation sites (N-methyl/N-ethyl adjacent to an activating group) is 1. The second kappa shape index (κ2) is 4.61. The van der Waals surface area contributed by atoms with Crippen molar-refractivity contribution >= 4 is 0 Å². The highest BCUT2D eigenvalue weighted by atomic mass is 15.1. The molecule has 0 aromatic heterocycles. The topological polar surface area (TPSA) is 3.24 Å². The van der Waals surface area contributed by atoms with Crippen LogP contribution >= 0.6 is 0 Å². The first-order chi connectivity index (χ1) is 6.50. The maximum absolute atomic E-state index is 2.30. The van der Waals surface area contributed by atoms with Crippen LogP contribution in [-0.4, -0.2) is 25.0 Å². The third kappa shape index (κ3) is 2.85. The van der Waals surface area contributed by atoms with Crippen LogP contribution in [0.2, 0.25) is 0 Å². The van der Waals surface area contributed by atoms with E-state index in [0.717, 1.165) is 6.42 Å². The van der Waals surface area contributed by atoms with Crippen LogP contribution in [0, 0.1) is 13.8 Å². The molecule has 14 heavy (non-hydrogen) atoms. The van der Waals surface area contributed by atoms with E-state index < -0.39 is 0 Å². The summed E-state index contributed by atoms with van der Waals surface area (Å²) in [6.07, 6.45) is 1.13. The van der Waals surface area contributed by atoms with Crippen LogP contribution in [-0.2, 0) is 6.42 Å². The number of nitrogens with zero attached hydrogens (tertiary/aromatic N) is 1. The number of hydrogen-bond acceptors (Lipinski definition) is 1. The van der Waals surface area contributed by atoms with E-state index >= 15 is 0 Å². The molecule has 1 aromatic rings. The first kappa shape index (κ1) is 11.3. The predicted molar refractivity (Wildman–Crippen MR) is 62.8 cm³/mol. The molecule has 0 spiro atoms. The average molecular weight is 191 g/mol. The van der Waals surface area contributed by atoms with Gasteiger partial charge in [0.25, 0.3) is 0 Å². The van der Waals surface area contributed by atoms with Crippen LogP contribution in [0.5, 0.6) is 0 Å². The standard InChI is InChI=1S/C13H21N/c1-10-6-7-13(8-11(10)2)9-12(3)14(4)5/h6-8,12H,9H2,1-5H3/t12-/m1/s1. The lowest BCUT2D eigenvalue weighted by Crippen LogP contribution is -2.26. The SMILES string of the molecule is Cc1ccc(C[C@@H](C)N(C)C)cc1C. The van der Waals surface area contributed by atoms with E-state index in [-0.39, 0.29) is 0 Å². The quantitative estimate of drug-likeness (QED) is 0.710. The zero-order chi connectivity index (χ0) is 10.7. The molecule has 1 rings (SSSR count). The minimum atomic E-state index is 0.608. The molecule has 0 aliphatic heterocycles. The van der Waals surface area contributed by atoms with Crippen molar-refractivity contribution in [2.45, 2.75) is 33.2 Å². The fourth-order valence-corrected chi connectivity index (χ4v) is 1.45. The maximum Gasteiger partial charge on any atom is 0.0101 e. The van der Waals surface area contributed by atoms with Crippen LogP contribution in [0.15, 0.2) is 18.2 Å². The minimum Gasteiger partial charge on any atom is -0.306 e. The van der Waals surface area contributed by atoms with Crippen molar-refractivity contribution in [2.24, 2.45) is 0 Å². The van der Waals surface area contributed by atoms with Crippen molar-refractivity contribution in [3.05, 3.63) is 34.9 Å². The molecule has 1 atom stereocenters. The zero-order valence-electron chi connectivity index (χ0n) is 9.96. The minimum absolute atomic E-state index is 0.608. The maximum atomic E-state index is 2.30. The molecule has 0 saturated heterocycles. The molecule has 0 radical (unpaired) electrons. The monoisotopic (exact) mass is 191 g/mol. The van der Waals surface area contributed by atoms with E-state index in [0.29, 0.717) is 6.04 Å². The molecule has 0 saturated carbocycles. The summed E-state index contributed by atoms with van der Waals surface area (Å²) in [5.74, 6) is 0. The molecule has 1 nitrogen and oxygen atoms in total. The Morgan fingerprint density at radius 3 is 2.29 bits per heavy atom. The highest BCUT2D eigenvalue weighted by molar-refractivity contribution is 5.30. The molecular formula is C13H21N. The molecule has 1 heteroatoms. The Morgan fingerprint density at radius 1 is 1.14 bits per heavy atom. The molecule has 78 valence electrons. The molecule has 0 N–H and O–H groups in total. The van der Waals surface area contributed by atoms with E-state index in [9.17, 15) is 0 Å². The Hall–Kier alpha value is -0.820. The smallest absolute Gasteiger partial charge is 0.0101 e. The zero-order valence-corrected chi connectivity index (χ0v) is 9.96. The summed E-state index contributed by atoms with van der Waals surface area (Å²) in [7, 11) is 4.26. The van der Waals surface area contributed by atoms with Crippen LogP contribution in [0.3, 0.4) is 0 Å². The molecule has 0 bridgehead atoms. The van der Waals surface area contributed by atoms with Gasteiger partial charge in [-0.05, 0) is 58.0 Å². The van der Waals surface area contributed by atoms with Crippen LogP contribution in [0.1, 0.15) is 23.6 Å². The largest absolute Gasteiger partial charge is 0.306 e. The Bertz CT molecular complexity index is 302. The average Bonchev–Trinajstić information content (AvgIpc) is 2.11. The van der Waals surface area contributed by atoms with Crippen molar-refractivity contribution in [1.29, 1.82) is 0 Å². The highest BCUT2D eigenvalue weighted by Crippen LogP contribution is 2.12. The molecule has 0 aliphatic rings. The van der Waals surface area contributed by atoms with Gasteiger partial charge in [0.15, 0.2) is 0 Å². The predicted octanol–water partition coefficient (Wildman–Crippen LogP) is 2.80. The molecule has 0 unspecified atom stereocenters. The summed E-state index contributed by atoms with van der Waals surface area (Å²) in [5, 5.41) is 0. The summed E-state index contributed by atoms with van der Waals surface area (Å²) in [6.45, 7) is 6.60. The van der Waals surface area contributed by atoms with Gasteiger partial charge in [-0.3, -0.25) is 0 Å². The summed E-state index contributed by atoms with van der Waals surface area (Å²) >= 11 is 0. The molecular weight excluding hydrogens is 170 g/mol. The lowest BCUT2D eigenvalue weighted by molar-refractivity contribution is 0.312. The molecule has 0 amide bonds. The number of hydrogen-bond donors (Lipinski definition) is 0. The van der Waals surface area contributed by atoms with Crippen molar-refractivity contribution in [1.82, 2.24) is 4.90 Å². The third-order valence-electron chi connectivity index (χ3n) is 2.98. The van der Waals surface area contributed by atoms with Gasteiger partial charge in [0.05, 0.1) is 0 Å². The van der Waals surface area contributed by atoms with Crippen molar-refractivity contribution in [2.75, 3.05) is 14.1 Å². The van der Waals surface area contributed by atoms with Gasteiger partial charge in [-0.2, -0.15) is 0 Å². The number of rotatable bonds is 3. The number of benzene rings is 1. The third-order valence-corrected chi connectivity index (χ3v) is 2.98. The van der Waals surface area contributed by atoms with E-state index in [2.05, 4.69) is 58.0 Å². The van der Waals surface area contributed by atoms with Crippen LogP contribution in [0.4, 0.5) is 0 Å². The first-order valence-corrected chi connectivity index (χ1v) is 5.23. The van der Waals surface area contributed by atoms with Gasteiger partial charge >= 0.3 is 0 Å². The van der Waals surface area contributed by atoms with E-state index in [1.807, 2.05) is 0 Å². The van der Waals surface area contributed by atoms with E-state index in [1.165, 1.54) is 16.7 Å². The molecule has 1 aromatic carbocycles. The number of aryl methyl sites for hydroxylation is 2. The molecule has 0 heterocycles. The fraction of sp³-hybridized carbons (Fsp3) is 0.538. The van der Waals surface area contributed by atoms with Crippen molar-refractivity contribution < 1.29 is 0 Å². The second-order valence-corrected chi connectivity index (χ2v) is 4.44. The Labute approximate surface area is 87.7 Å². The van der Waals surface area contributed by atoms with Gasteiger partial charge in [0, 0.05) is 6.04 Å². The highest BCUT2D eigenvalue weighted by Gasteiger charge is 2.05. The van der Waals surface area contributed by atoms with Crippen LogP contribution < -0.4 is 0 Å². The van der Waals surface area contributed by atoms with Gasteiger partial charge < -0.3 is 4.90 Å². The van der Waals surface area contributed by atoms with Gasteiger partial charge in [0.2, 0.25) is 0 Å². The van der Waals surface area contributed by atoms with Crippen molar-refractivity contribution in [3.63, 3.8) is 0 Å². The van der Waals surface area contributed by atoms with Crippen LogP contribution in [0.25, 0.3) is 0 Å². The fourth-order valence-electron chi connectivity index (χ4n) is 1.45. The first-order valence-electron chi connectivity index (χ1n) is 5.23. The lowest BCUT2D eigenvalue weighted by Gasteiger charge is -2.20. The van der Waals surface area contributed by atoms with Crippen molar-refractivity contribution in [3.8, 4) is 0 Å².